The normalized spacial score (nSPS) is 15.4. The highest BCUT2D eigenvalue weighted by Crippen LogP contribution is 2.41. The van der Waals surface area contributed by atoms with E-state index in [0.717, 1.165) is 47.2 Å². The molecule has 3 aromatic heterocycles. The van der Waals surface area contributed by atoms with Crippen LogP contribution in [0.2, 0.25) is 5.02 Å². The van der Waals surface area contributed by atoms with E-state index in [1.165, 1.54) is 0 Å². The standard InChI is InChI=1S/C27H27ClF3N5O2/c1-14(24-23(38-27(30)31)5-4-22(29)25(24)28)20-12-33-26-19(20)10-17(11-32-26)21-13-34-36(15(21)2)18-6-8-35(9-7-18)16(3)37/h4-5,10-14,18,27H,6-9H2,1-3H3,(H,32,33). The van der Waals surface area contributed by atoms with Gasteiger partial charge in [-0.3, -0.25) is 9.48 Å². The van der Waals surface area contributed by atoms with Gasteiger partial charge in [0.1, 0.15) is 17.2 Å². The van der Waals surface area contributed by atoms with E-state index in [9.17, 15) is 18.0 Å². The lowest BCUT2D eigenvalue weighted by Crippen LogP contribution is -2.38. The van der Waals surface area contributed by atoms with Gasteiger partial charge in [-0.25, -0.2) is 9.37 Å². The number of carbonyl (C=O) groups is 1. The zero-order valence-electron chi connectivity index (χ0n) is 21.1. The maximum Gasteiger partial charge on any atom is 0.387 e. The van der Waals surface area contributed by atoms with Crippen molar-refractivity contribution in [1.82, 2.24) is 24.6 Å². The molecule has 1 N–H and O–H groups in total. The monoisotopic (exact) mass is 545 g/mol. The molecule has 0 spiro atoms. The molecule has 1 fully saturated rings. The van der Waals surface area contributed by atoms with Gasteiger partial charge in [0.25, 0.3) is 0 Å². The van der Waals surface area contributed by atoms with E-state index in [-0.39, 0.29) is 28.3 Å². The van der Waals surface area contributed by atoms with Crippen molar-refractivity contribution in [2.75, 3.05) is 13.1 Å². The molecule has 0 bridgehead atoms. The predicted octanol–water partition coefficient (Wildman–Crippen LogP) is 6.46. The van der Waals surface area contributed by atoms with Crippen LogP contribution < -0.4 is 4.74 Å². The number of ether oxygens (including phenoxy) is 1. The van der Waals surface area contributed by atoms with Crippen molar-refractivity contribution in [2.24, 2.45) is 0 Å². The summed E-state index contributed by atoms with van der Waals surface area (Å²) in [6.45, 7) is 3.68. The zero-order valence-corrected chi connectivity index (χ0v) is 21.9. The van der Waals surface area contributed by atoms with E-state index in [2.05, 4.69) is 19.8 Å². The molecule has 4 heterocycles. The van der Waals surface area contributed by atoms with Gasteiger partial charge < -0.3 is 14.6 Å². The number of nitrogens with zero attached hydrogens (tertiary/aromatic N) is 4. The summed E-state index contributed by atoms with van der Waals surface area (Å²) in [5.41, 5.74) is 4.19. The van der Waals surface area contributed by atoms with Crippen LogP contribution in [0, 0.1) is 12.7 Å². The van der Waals surface area contributed by atoms with Gasteiger partial charge in [0, 0.05) is 66.1 Å². The molecule has 1 aliphatic rings. The van der Waals surface area contributed by atoms with Gasteiger partial charge in [0.2, 0.25) is 5.91 Å². The van der Waals surface area contributed by atoms with Gasteiger partial charge in [-0.2, -0.15) is 13.9 Å². The van der Waals surface area contributed by atoms with Crippen molar-refractivity contribution in [2.45, 2.75) is 52.2 Å². The Morgan fingerprint density at radius 3 is 2.66 bits per heavy atom. The van der Waals surface area contributed by atoms with E-state index >= 15 is 0 Å². The van der Waals surface area contributed by atoms with Gasteiger partial charge in [-0.1, -0.05) is 18.5 Å². The Morgan fingerprint density at radius 1 is 1.24 bits per heavy atom. The summed E-state index contributed by atoms with van der Waals surface area (Å²) in [4.78, 5) is 21.2. The van der Waals surface area contributed by atoms with Gasteiger partial charge in [-0.05, 0) is 43.5 Å². The molecule has 0 radical (unpaired) electrons. The predicted molar refractivity (Wildman–Crippen MR) is 138 cm³/mol. The number of aromatic amines is 1. The summed E-state index contributed by atoms with van der Waals surface area (Å²) in [7, 11) is 0. The summed E-state index contributed by atoms with van der Waals surface area (Å²) in [6.07, 6.45) is 6.94. The minimum Gasteiger partial charge on any atom is -0.434 e. The smallest absolute Gasteiger partial charge is 0.387 e. The quantitative estimate of drug-likeness (QED) is 0.301. The second-order valence-electron chi connectivity index (χ2n) is 9.56. The van der Waals surface area contributed by atoms with Crippen molar-refractivity contribution < 1.29 is 22.7 Å². The van der Waals surface area contributed by atoms with Crippen molar-refractivity contribution in [3.05, 3.63) is 64.5 Å². The molecule has 38 heavy (non-hydrogen) atoms. The number of benzene rings is 1. The van der Waals surface area contributed by atoms with Crippen LogP contribution in [-0.2, 0) is 4.79 Å². The first-order valence-corrected chi connectivity index (χ1v) is 12.7. The number of rotatable bonds is 6. The molecule has 0 aliphatic carbocycles. The Kier molecular flexibility index (Phi) is 7.09. The summed E-state index contributed by atoms with van der Waals surface area (Å²) in [5, 5.41) is 5.14. The molecule has 1 aliphatic heterocycles. The van der Waals surface area contributed by atoms with Crippen LogP contribution in [0.4, 0.5) is 13.2 Å². The molecular weight excluding hydrogens is 519 g/mol. The minimum atomic E-state index is -3.08. The number of hydrogen-bond donors (Lipinski definition) is 1. The fourth-order valence-corrected chi connectivity index (χ4v) is 5.66. The average molecular weight is 546 g/mol. The number of hydrogen-bond acceptors (Lipinski definition) is 4. The van der Waals surface area contributed by atoms with Crippen LogP contribution in [0.5, 0.6) is 5.75 Å². The molecule has 1 amide bonds. The Hall–Kier alpha value is -3.53. The van der Waals surface area contributed by atoms with E-state index in [4.69, 9.17) is 11.6 Å². The van der Waals surface area contributed by atoms with Crippen LogP contribution in [-0.4, -0.2) is 50.3 Å². The highest BCUT2D eigenvalue weighted by atomic mass is 35.5. The van der Waals surface area contributed by atoms with Crippen molar-refractivity contribution in [1.29, 1.82) is 0 Å². The lowest BCUT2D eigenvalue weighted by Gasteiger charge is -2.32. The van der Waals surface area contributed by atoms with Crippen LogP contribution in [0.3, 0.4) is 0 Å². The Bertz CT molecular complexity index is 1490. The molecule has 1 atom stereocenters. The summed E-state index contributed by atoms with van der Waals surface area (Å²) in [6, 6.07) is 4.33. The lowest BCUT2D eigenvalue weighted by molar-refractivity contribution is -0.130. The summed E-state index contributed by atoms with van der Waals surface area (Å²) >= 11 is 6.24. The number of alkyl halides is 2. The van der Waals surface area contributed by atoms with Gasteiger partial charge in [-0.15, -0.1) is 0 Å². The van der Waals surface area contributed by atoms with Crippen LogP contribution in [0.15, 0.2) is 36.8 Å². The first kappa shape index (κ1) is 26.1. The van der Waals surface area contributed by atoms with Crippen LogP contribution in [0.25, 0.3) is 22.2 Å². The Balaban J connectivity index is 1.49. The molecule has 1 saturated heterocycles. The number of fused-ring (bicyclic) bond motifs is 1. The largest absolute Gasteiger partial charge is 0.434 e. The maximum absolute atomic E-state index is 14.3. The van der Waals surface area contributed by atoms with E-state index in [1.54, 1.807) is 26.2 Å². The third kappa shape index (κ3) is 4.73. The Morgan fingerprint density at radius 2 is 1.97 bits per heavy atom. The van der Waals surface area contributed by atoms with Gasteiger partial charge >= 0.3 is 6.61 Å². The van der Waals surface area contributed by atoms with E-state index in [0.29, 0.717) is 24.3 Å². The Labute approximate surface area is 222 Å². The number of piperidine rings is 1. The second-order valence-corrected chi connectivity index (χ2v) is 9.94. The van der Waals surface area contributed by atoms with Gasteiger partial charge in [0.05, 0.1) is 17.3 Å². The topological polar surface area (TPSA) is 76.0 Å². The number of aromatic nitrogens is 4. The summed E-state index contributed by atoms with van der Waals surface area (Å²) < 4.78 is 47.1. The third-order valence-electron chi connectivity index (χ3n) is 7.38. The average Bonchev–Trinajstić information content (AvgIpc) is 3.49. The number of amides is 1. The number of likely N-dealkylation sites (tertiary alicyclic amines) is 1. The molecule has 0 saturated carbocycles. The first-order valence-electron chi connectivity index (χ1n) is 12.4. The number of halogens is 4. The maximum atomic E-state index is 14.3. The number of pyridine rings is 1. The molecule has 200 valence electrons. The molecule has 11 heteroatoms. The molecular formula is C27H27ClF3N5O2. The fraction of sp³-hybridized carbons (Fsp3) is 0.370. The highest BCUT2D eigenvalue weighted by molar-refractivity contribution is 6.31. The third-order valence-corrected chi connectivity index (χ3v) is 7.77. The zero-order chi connectivity index (χ0) is 27.1. The van der Waals surface area contributed by atoms with Gasteiger partial charge in [0.15, 0.2) is 0 Å². The first-order chi connectivity index (χ1) is 18.2. The molecule has 5 rings (SSSR count). The molecule has 1 aromatic carbocycles. The lowest BCUT2D eigenvalue weighted by atomic mass is 9.91. The summed E-state index contributed by atoms with van der Waals surface area (Å²) in [5.74, 6) is -1.38. The molecule has 4 aromatic rings. The minimum absolute atomic E-state index is 0.0876. The molecule has 7 nitrogen and oxygen atoms in total. The molecule has 1 unspecified atom stereocenters. The highest BCUT2D eigenvalue weighted by Gasteiger charge is 2.26. The SMILES string of the molecule is CC(=O)N1CCC(n2ncc(-c3cnc4[nH]cc(C(C)c5c(OC(F)F)ccc(F)c5Cl)c4c3)c2C)CC1. The van der Waals surface area contributed by atoms with Crippen LogP contribution >= 0.6 is 11.6 Å². The number of H-pyrrole nitrogens is 1. The van der Waals surface area contributed by atoms with Crippen LogP contribution in [0.1, 0.15) is 55.5 Å². The fourth-order valence-electron chi connectivity index (χ4n) is 5.34. The number of nitrogens with one attached hydrogen (secondary N) is 1. The van der Waals surface area contributed by atoms with Crippen molar-refractivity contribution in [3.63, 3.8) is 0 Å². The van der Waals surface area contributed by atoms with E-state index in [1.807, 2.05) is 28.8 Å². The van der Waals surface area contributed by atoms with E-state index < -0.39 is 18.3 Å². The number of carbonyl (C=O) groups excluding carboxylic acids is 1. The van der Waals surface area contributed by atoms with Crippen molar-refractivity contribution in [3.8, 4) is 16.9 Å². The van der Waals surface area contributed by atoms with Crippen molar-refractivity contribution >= 4 is 28.5 Å². The second kappa shape index (κ2) is 10.3.